The van der Waals surface area contributed by atoms with Gasteiger partial charge in [-0.25, -0.2) is 9.78 Å². The summed E-state index contributed by atoms with van der Waals surface area (Å²) in [6, 6.07) is 1.64. The Morgan fingerprint density at radius 1 is 1.29 bits per heavy atom. The van der Waals surface area contributed by atoms with Crippen molar-refractivity contribution in [1.82, 2.24) is 10.3 Å². The SMILES string of the molecule is O=C(O)C=Cc1cnc(NCCNC(=O)C2CCCCC2)c(Cl)c1. The molecular formula is C17H22ClN3O3. The second-order valence-electron chi connectivity index (χ2n) is 5.82. The predicted molar refractivity (Wildman–Crippen MR) is 94.0 cm³/mol. The summed E-state index contributed by atoms with van der Waals surface area (Å²) in [6.45, 7) is 1.03. The largest absolute Gasteiger partial charge is 0.478 e. The summed E-state index contributed by atoms with van der Waals surface area (Å²) < 4.78 is 0. The van der Waals surface area contributed by atoms with Crippen LogP contribution in [0.15, 0.2) is 18.3 Å². The lowest BCUT2D eigenvalue weighted by atomic mass is 9.89. The monoisotopic (exact) mass is 351 g/mol. The van der Waals surface area contributed by atoms with Crippen LogP contribution in [-0.4, -0.2) is 35.1 Å². The Balaban J connectivity index is 1.75. The maximum absolute atomic E-state index is 12.0. The summed E-state index contributed by atoms with van der Waals surface area (Å²) in [5.74, 6) is -0.233. The van der Waals surface area contributed by atoms with Crippen molar-refractivity contribution < 1.29 is 14.7 Å². The number of amides is 1. The Hall–Kier alpha value is -2.08. The number of carbonyl (C=O) groups is 2. The Kier molecular flexibility index (Phi) is 7.06. The minimum absolute atomic E-state index is 0.129. The predicted octanol–water partition coefficient (Wildman–Crippen LogP) is 2.94. The minimum atomic E-state index is -1.03. The number of aliphatic carboxylic acids is 1. The highest BCUT2D eigenvalue weighted by Crippen LogP contribution is 2.23. The van der Waals surface area contributed by atoms with Crippen molar-refractivity contribution in [3.8, 4) is 0 Å². The molecule has 0 spiro atoms. The number of carbonyl (C=O) groups excluding carboxylic acids is 1. The van der Waals surface area contributed by atoms with Crippen LogP contribution in [0.25, 0.3) is 6.08 Å². The lowest BCUT2D eigenvalue weighted by molar-refractivity contribution is -0.131. The van der Waals surface area contributed by atoms with Gasteiger partial charge in [0.05, 0.1) is 5.02 Å². The van der Waals surface area contributed by atoms with Gasteiger partial charge >= 0.3 is 5.97 Å². The van der Waals surface area contributed by atoms with E-state index in [0.29, 0.717) is 29.5 Å². The summed E-state index contributed by atoms with van der Waals surface area (Å²) in [6.07, 6.45) is 9.46. The Labute approximate surface area is 146 Å². The molecule has 0 aromatic carbocycles. The first kappa shape index (κ1) is 18.3. The standard InChI is InChI=1S/C17H22ClN3O3/c18-14-10-12(6-7-15(22)23)11-21-16(14)19-8-9-20-17(24)13-4-2-1-3-5-13/h6-7,10-11,13H,1-5,8-9H2,(H,19,21)(H,20,24)(H,22,23). The van der Waals surface area contributed by atoms with Crippen LogP contribution in [-0.2, 0) is 9.59 Å². The fourth-order valence-corrected chi connectivity index (χ4v) is 2.96. The van der Waals surface area contributed by atoms with E-state index in [1.54, 1.807) is 6.07 Å². The summed E-state index contributed by atoms with van der Waals surface area (Å²) >= 11 is 6.11. The van der Waals surface area contributed by atoms with Crippen molar-refractivity contribution in [2.24, 2.45) is 5.92 Å². The molecule has 0 radical (unpaired) electrons. The number of nitrogens with one attached hydrogen (secondary N) is 2. The lowest BCUT2D eigenvalue weighted by Gasteiger charge is -2.20. The van der Waals surface area contributed by atoms with Gasteiger partial charge in [0.25, 0.3) is 0 Å². The van der Waals surface area contributed by atoms with E-state index in [4.69, 9.17) is 16.7 Å². The van der Waals surface area contributed by atoms with E-state index in [9.17, 15) is 9.59 Å². The highest BCUT2D eigenvalue weighted by atomic mass is 35.5. The van der Waals surface area contributed by atoms with Crippen molar-refractivity contribution in [2.75, 3.05) is 18.4 Å². The molecule has 0 unspecified atom stereocenters. The summed E-state index contributed by atoms with van der Waals surface area (Å²) in [7, 11) is 0. The number of anilines is 1. The third kappa shape index (κ3) is 5.85. The fourth-order valence-electron chi connectivity index (χ4n) is 2.72. The molecule has 1 heterocycles. The normalized spacial score (nSPS) is 15.4. The van der Waals surface area contributed by atoms with Crippen LogP contribution >= 0.6 is 11.6 Å². The molecule has 1 aromatic heterocycles. The van der Waals surface area contributed by atoms with Gasteiger partial charge in [-0.15, -0.1) is 0 Å². The van der Waals surface area contributed by atoms with Crippen LogP contribution in [0, 0.1) is 5.92 Å². The van der Waals surface area contributed by atoms with E-state index in [1.165, 1.54) is 18.7 Å². The van der Waals surface area contributed by atoms with Crippen LogP contribution < -0.4 is 10.6 Å². The van der Waals surface area contributed by atoms with Crippen LogP contribution in [0.1, 0.15) is 37.7 Å². The molecule has 1 aliphatic rings. The molecule has 1 aromatic rings. The topological polar surface area (TPSA) is 91.3 Å². The van der Waals surface area contributed by atoms with Gasteiger partial charge in [-0.2, -0.15) is 0 Å². The molecule has 1 saturated carbocycles. The zero-order valence-corrected chi connectivity index (χ0v) is 14.2. The second kappa shape index (κ2) is 9.27. The highest BCUT2D eigenvalue weighted by molar-refractivity contribution is 6.33. The molecule has 6 nitrogen and oxygen atoms in total. The number of hydrogen-bond acceptors (Lipinski definition) is 4. The molecular weight excluding hydrogens is 330 g/mol. The molecule has 3 N–H and O–H groups in total. The molecule has 0 saturated heterocycles. The van der Waals surface area contributed by atoms with Crippen LogP contribution in [0.5, 0.6) is 0 Å². The van der Waals surface area contributed by atoms with Crippen molar-refractivity contribution in [1.29, 1.82) is 0 Å². The summed E-state index contributed by atoms with van der Waals surface area (Å²) in [5, 5.41) is 15.0. The summed E-state index contributed by atoms with van der Waals surface area (Å²) in [4.78, 5) is 26.7. The Morgan fingerprint density at radius 2 is 2.04 bits per heavy atom. The summed E-state index contributed by atoms with van der Waals surface area (Å²) in [5.41, 5.74) is 0.610. The maximum Gasteiger partial charge on any atom is 0.328 e. The third-order valence-corrected chi connectivity index (χ3v) is 4.26. The smallest absolute Gasteiger partial charge is 0.328 e. The average molecular weight is 352 g/mol. The van der Waals surface area contributed by atoms with Gasteiger partial charge in [-0.05, 0) is 30.5 Å². The highest BCUT2D eigenvalue weighted by Gasteiger charge is 2.20. The first-order valence-corrected chi connectivity index (χ1v) is 8.52. The molecule has 130 valence electrons. The number of carboxylic acid groups (broad SMARTS) is 1. The number of nitrogens with zero attached hydrogens (tertiary/aromatic N) is 1. The number of rotatable bonds is 7. The number of aromatic nitrogens is 1. The van der Waals surface area contributed by atoms with E-state index in [0.717, 1.165) is 31.8 Å². The minimum Gasteiger partial charge on any atom is -0.478 e. The molecule has 0 atom stereocenters. The van der Waals surface area contributed by atoms with Crippen LogP contribution in [0.3, 0.4) is 0 Å². The van der Waals surface area contributed by atoms with Gasteiger partial charge in [-0.3, -0.25) is 4.79 Å². The average Bonchev–Trinajstić information content (AvgIpc) is 2.58. The van der Waals surface area contributed by atoms with Crippen molar-refractivity contribution in [3.05, 3.63) is 28.9 Å². The lowest BCUT2D eigenvalue weighted by Crippen LogP contribution is -2.35. The molecule has 7 heteroatoms. The van der Waals surface area contributed by atoms with E-state index in [1.807, 2.05) is 0 Å². The first-order valence-electron chi connectivity index (χ1n) is 8.14. The quantitative estimate of drug-likeness (QED) is 0.519. The Bertz CT molecular complexity index is 613. The zero-order valence-electron chi connectivity index (χ0n) is 13.4. The van der Waals surface area contributed by atoms with Gasteiger partial charge in [0.1, 0.15) is 5.82 Å². The molecule has 0 aliphatic heterocycles. The number of carboxylic acids is 1. The van der Waals surface area contributed by atoms with Gasteiger partial charge in [-0.1, -0.05) is 30.9 Å². The Morgan fingerprint density at radius 3 is 2.71 bits per heavy atom. The van der Waals surface area contributed by atoms with E-state index in [2.05, 4.69) is 15.6 Å². The first-order chi connectivity index (χ1) is 11.6. The molecule has 1 amide bonds. The molecule has 2 rings (SSSR count). The van der Waals surface area contributed by atoms with Crippen molar-refractivity contribution in [3.63, 3.8) is 0 Å². The van der Waals surface area contributed by atoms with Gasteiger partial charge in [0, 0.05) is 31.3 Å². The maximum atomic E-state index is 12.0. The zero-order chi connectivity index (χ0) is 17.4. The number of halogens is 1. The molecule has 1 aliphatic carbocycles. The molecule has 1 fully saturated rings. The number of pyridine rings is 1. The van der Waals surface area contributed by atoms with Gasteiger partial charge in [0.15, 0.2) is 0 Å². The second-order valence-corrected chi connectivity index (χ2v) is 6.23. The molecule has 24 heavy (non-hydrogen) atoms. The van der Waals surface area contributed by atoms with Crippen molar-refractivity contribution >= 4 is 35.4 Å². The molecule has 0 bridgehead atoms. The van der Waals surface area contributed by atoms with Crippen molar-refractivity contribution in [2.45, 2.75) is 32.1 Å². The van der Waals surface area contributed by atoms with E-state index < -0.39 is 5.97 Å². The van der Waals surface area contributed by atoms with Crippen LogP contribution in [0.2, 0.25) is 5.02 Å². The third-order valence-electron chi connectivity index (χ3n) is 3.97. The van der Waals surface area contributed by atoms with E-state index >= 15 is 0 Å². The number of hydrogen-bond donors (Lipinski definition) is 3. The van der Waals surface area contributed by atoms with E-state index in [-0.39, 0.29) is 11.8 Å². The van der Waals surface area contributed by atoms with Crippen LogP contribution in [0.4, 0.5) is 5.82 Å². The fraction of sp³-hybridized carbons (Fsp3) is 0.471. The van der Waals surface area contributed by atoms with Gasteiger partial charge < -0.3 is 15.7 Å². The van der Waals surface area contributed by atoms with Gasteiger partial charge in [0.2, 0.25) is 5.91 Å².